The molecule has 0 fully saturated rings. The number of pyridine rings is 1. The maximum atomic E-state index is 6.44. The number of hydrogen-bond acceptors (Lipinski definition) is 3. The smallest absolute Gasteiger partial charge is 0.105 e. The molecule has 0 spiro atoms. The first-order valence-corrected chi connectivity index (χ1v) is 8.99. The Labute approximate surface area is 151 Å². The van der Waals surface area contributed by atoms with Crippen LogP contribution in [0.25, 0.3) is 0 Å². The van der Waals surface area contributed by atoms with Gasteiger partial charge in [0.15, 0.2) is 0 Å². The highest BCUT2D eigenvalue weighted by atomic mass is 16.5. The summed E-state index contributed by atoms with van der Waals surface area (Å²) < 4.78 is 12.0. The normalized spacial score (nSPS) is 15.3. The van der Waals surface area contributed by atoms with Gasteiger partial charge >= 0.3 is 0 Å². The van der Waals surface area contributed by atoms with Crippen LogP contribution < -0.4 is 0 Å². The molecule has 1 atom stereocenters. The van der Waals surface area contributed by atoms with E-state index in [1.165, 1.54) is 33.4 Å². The minimum atomic E-state index is -0.0569. The van der Waals surface area contributed by atoms with E-state index in [2.05, 4.69) is 64.7 Å². The average Bonchev–Trinajstić information content (AvgIpc) is 2.96. The van der Waals surface area contributed by atoms with Crippen molar-refractivity contribution >= 4 is 0 Å². The molecule has 25 heavy (non-hydrogen) atoms. The molecular weight excluding hydrogens is 310 g/mol. The largest absolute Gasteiger partial charge is 0.372 e. The van der Waals surface area contributed by atoms with Crippen LogP contribution in [0.2, 0.25) is 0 Å². The van der Waals surface area contributed by atoms with Crippen molar-refractivity contribution in [3.63, 3.8) is 0 Å². The quantitative estimate of drug-likeness (QED) is 0.753. The standard InChI is InChI=1S/C22H29NO2/c1-14-7-15(2)19(16(3)8-14)13-25-21(22(4,5)6)20-9-17-11-24-12-18(17)10-23-20/h7-10,21H,11-13H2,1-6H3/t21-/m1/s1. The predicted molar refractivity (Wildman–Crippen MR) is 100 cm³/mol. The first kappa shape index (κ1) is 18.1. The highest BCUT2D eigenvalue weighted by Gasteiger charge is 2.30. The number of benzene rings is 1. The number of aromatic nitrogens is 1. The Morgan fingerprint density at radius 3 is 2.32 bits per heavy atom. The Hall–Kier alpha value is -1.71. The minimum absolute atomic E-state index is 0.0345. The third kappa shape index (κ3) is 3.94. The molecule has 3 nitrogen and oxygen atoms in total. The molecule has 1 aliphatic heterocycles. The summed E-state index contributed by atoms with van der Waals surface area (Å²) in [6.07, 6.45) is 1.89. The van der Waals surface area contributed by atoms with Gasteiger partial charge in [-0.1, -0.05) is 38.5 Å². The summed E-state index contributed by atoms with van der Waals surface area (Å²) in [7, 11) is 0. The maximum absolute atomic E-state index is 6.44. The van der Waals surface area contributed by atoms with Crippen LogP contribution in [0.5, 0.6) is 0 Å². The zero-order chi connectivity index (χ0) is 18.2. The van der Waals surface area contributed by atoms with E-state index in [1.807, 2.05) is 6.20 Å². The first-order chi connectivity index (χ1) is 11.8. The van der Waals surface area contributed by atoms with E-state index < -0.39 is 0 Å². The van der Waals surface area contributed by atoms with E-state index in [4.69, 9.17) is 9.47 Å². The van der Waals surface area contributed by atoms with Gasteiger partial charge in [-0.2, -0.15) is 0 Å². The predicted octanol–water partition coefficient (Wildman–Crippen LogP) is 5.34. The van der Waals surface area contributed by atoms with Gasteiger partial charge in [0.1, 0.15) is 6.10 Å². The molecule has 3 heteroatoms. The van der Waals surface area contributed by atoms with Crippen LogP contribution in [-0.2, 0) is 29.3 Å². The Morgan fingerprint density at radius 2 is 1.68 bits per heavy atom. The van der Waals surface area contributed by atoms with Gasteiger partial charge in [0.2, 0.25) is 0 Å². The molecule has 2 aromatic rings. The van der Waals surface area contributed by atoms with E-state index in [-0.39, 0.29) is 11.5 Å². The van der Waals surface area contributed by atoms with Gasteiger partial charge in [0, 0.05) is 11.8 Å². The summed E-state index contributed by atoms with van der Waals surface area (Å²) >= 11 is 0. The van der Waals surface area contributed by atoms with Gasteiger partial charge < -0.3 is 9.47 Å². The average molecular weight is 339 g/mol. The second-order valence-electron chi connectivity index (χ2n) is 8.31. The molecule has 0 N–H and O–H groups in total. The fourth-order valence-electron chi connectivity index (χ4n) is 3.61. The lowest BCUT2D eigenvalue weighted by atomic mass is 9.86. The maximum Gasteiger partial charge on any atom is 0.105 e. The lowest BCUT2D eigenvalue weighted by Gasteiger charge is -2.31. The number of aryl methyl sites for hydroxylation is 3. The second kappa shape index (κ2) is 6.89. The zero-order valence-corrected chi connectivity index (χ0v) is 16.3. The van der Waals surface area contributed by atoms with Crippen molar-refractivity contribution in [2.24, 2.45) is 5.41 Å². The molecule has 2 heterocycles. The SMILES string of the molecule is Cc1cc(C)c(CO[C@H](c2cc3c(cn2)COC3)C(C)(C)C)c(C)c1. The van der Waals surface area contributed by atoms with E-state index >= 15 is 0 Å². The Bertz CT molecular complexity index is 751. The van der Waals surface area contributed by atoms with Gasteiger partial charge in [-0.25, -0.2) is 0 Å². The molecule has 3 rings (SSSR count). The van der Waals surface area contributed by atoms with Crippen LogP contribution in [0.15, 0.2) is 24.4 Å². The molecule has 1 aromatic heterocycles. The molecule has 0 radical (unpaired) electrons. The fourth-order valence-corrected chi connectivity index (χ4v) is 3.61. The molecule has 0 aliphatic carbocycles. The number of fused-ring (bicyclic) bond motifs is 1. The molecule has 1 aromatic carbocycles. The van der Waals surface area contributed by atoms with Gasteiger partial charge in [-0.05, 0) is 54.5 Å². The van der Waals surface area contributed by atoms with Gasteiger partial charge in [0.25, 0.3) is 0 Å². The van der Waals surface area contributed by atoms with Crippen LogP contribution in [0.1, 0.15) is 65.9 Å². The molecule has 0 saturated heterocycles. The summed E-state index contributed by atoms with van der Waals surface area (Å²) in [5.41, 5.74) is 8.57. The van der Waals surface area contributed by atoms with Crippen LogP contribution in [-0.4, -0.2) is 4.98 Å². The minimum Gasteiger partial charge on any atom is -0.372 e. The van der Waals surface area contributed by atoms with E-state index in [0.717, 1.165) is 5.69 Å². The van der Waals surface area contributed by atoms with Crippen molar-refractivity contribution < 1.29 is 9.47 Å². The van der Waals surface area contributed by atoms with Crippen molar-refractivity contribution in [2.75, 3.05) is 0 Å². The summed E-state index contributed by atoms with van der Waals surface area (Å²) in [5.74, 6) is 0. The van der Waals surface area contributed by atoms with Crippen LogP contribution in [0, 0.1) is 26.2 Å². The molecule has 0 bridgehead atoms. The van der Waals surface area contributed by atoms with Crippen molar-refractivity contribution in [2.45, 2.75) is 67.5 Å². The van der Waals surface area contributed by atoms with Gasteiger partial charge in [-0.15, -0.1) is 0 Å². The van der Waals surface area contributed by atoms with E-state index in [0.29, 0.717) is 19.8 Å². The summed E-state index contributed by atoms with van der Waals surface area (Å²) in [5, 5.41) is 0. The summed E-state index contributed by atoms with van der Waals surface area (Å²) in [4.78, 5) is 4.68. The molecule has 0 unspecified atom stereocenters. The van der Waals surface area contributed by atoms with E-state index in [1.54, 1.807) is 0 Å². The van der Waals surface area contributed by atoms with Crippen LogP contribution in [0.4, 0.5) is 0 Å². The molecular formula is C22H29NO2. The monoisotopic (exact) mass is 339 g/mol. The molecule has 134 valence electrons. The van der Waals surface area contributed by atoms with Crippen molar-refractivity contribution in [1.82, 2.24) is 4.98 Å². The first-order valence-electron chi connectivity index (χ1n) is 8.99. The van der Waals surface area contributed by atoms with Gasteiger partial charge in [-0.3, -0.25) is 4.98 Å². The fraction of sp³-hybridized carbons (Fsp3) is 0.500. The third-order valence-corrected chi connectivity index (χ3v) is 4.91. The van der Waals surface area contributed by atoms with Gasteiger partial charge in [0.05, 0.1) is 25.5 Å². The van der Waals surface area contributed by atoms with Crippen molar-refractivity contribution in [3.8, 4) is 0 Å². The Kier molecular flexibility index (Phi) is 4.99. The second-order valence-corrected chi connectivity index (χ2v) is 8.31. The topological polar surface area (TPSA) is 31.4 Å². The number of ether oxygens (including phenoxy) is 2. The van der Waals surface area contributed by atoms with Crippen molar-refractivity contribution in [1.29, 1.82) is 0 Å². The molecule has 1 aliphatic rings. The highest BCUT2D eigenvalue weighted by molar-refractivity contribution is 5.37. The number of nitrogens with zero attached hydrogens (tertiary/aromatic N) is 1. The highest BCUT2D eigenvalue weighted by Crippen LogP contribution is 2.37. The summed E-state index contributed by atoms with van der Waals surface area (Å²) in [6, 6.07) is 6.61. The summed E-state index contributed by atoms with van der Waals surface area (Å²) in [6.45, 7) is 15.0. The Balaban J connectivity index is 1.86. The Morgan fingerprint density at radius 1 is 1.04 bits per heavy atom. The lowest BCUT2D eigenvalue weighted by Crippen LogP contribution is -2.23. The van der Waals surface area contributed by atoms with E-state index in [9.17, 15) is 0 Å². The molecule has 0 amide bonds. The lowest BCUT2D eigenvalue weighted by molar-refractivity contribution is -0.0335. The third-order valence-electron chi connectivity index (χ3n) is 4.91. The van der Waals surface area contributed by atoms with Crippen LogP contribution in [0.3, 0.4) is 0 Å². The molecule has 0 saturated carbocycles. The van der Waals surface area contributed by atoms with Crippen molar-refractivity contribution in [3.05, 3.63) is 63.5 Å². The zero-order valence-electron chi connectivity index (χ0n) is 16.3. The number of hydrogen-bond donors (Lipinski definition) is 0. The van der Waals surface area contributed by atoms with Crippen LogP contribution >= 0.6 is 0 Å². The number of rotatable bonds is 4.